The van der Waals surface area contributed by atoms with Crippen LogP contribution < -0.4 is 10.6 Å². The number of nitrogens with zero attached hydrogens (tertiary/aromatic N) is 1. The van der Waals surface area contributed by atoms with E-state index >= 15 is 0 Å². The van der Waals surface area contributed by atoms with Crippen molar-refractivity contribution in [1.82, 2.24) is 10.3 Å². The van der Waals surface area contributed by atoms with E-state index in [-0.39, 0.29) is 11.2 Å². The molecule has 0 saturated carbocycles. The number of benzene rings is 1. The zero-order valence-electron chi connectivity index (χ0n) is 10.3. The fourth-order valence-electron chi connectivity index (χ4n) is 1.46. The van der Waals surface area contributed by atoms with Crippen LogP contribution >= 0.6 is 27.5 Å². The van der Waals surface area contributed by atoms with Crippen molar-refractivity contribution in [1.29, 1.82) is 0 Å². The molecule has 6 heteroatoms. The van der Waals surface area contributed by atoms with Gasteiger partial charge < -0.3 is 10.6 Å². The first-order chi connectivity index (χ1) is 9.65. The van der Waals surface area contributed by atoms with Crippen LogP contribution in [0.15, 0.2) is 53.3 Å². The summed E-state index contributed by atoms with van der Waals surface area (Å²) >= 11 is 9.22. The molecule has 0 saturated heterocycles. The molecule has 1 aromatic carbocycles. The standard InChI is InChI=1S/C14H11BrClN3O/c15-11-4-1-3-10(9-11)6-8-18-14(20)19-12-5-2-7-17-13(12)16/h1-9H,(H2,18,19,20)/b8-6+. The maximum Gasteiger partial charge on any atom is 0.323 e. The van der Waals surface area contributed by atoms with E-state index in [1.165, 1.54) is 0 Å². The number of hydrogen-bond donors (Lipinski definition) is 2. The highest BCUT2D eigenvalue weighted by molar-refractivity contribution is 9.10. The van der Waals surface area contributed by atoms with Crippen molar-refractivity contribution in [3.63, 3.8) is 0 Å². The number of urea groups is 1. The third kappa shape index (κ3) is 4.36. The van der Waals surface area contributed by atoms with E-state index < -0.39 is 0 Å². The number of anilines is 1. The molecule has 102 valence electrons. The minimum atomic E-state index is -0.383. The summed E-state index contributed by atoms with van der Waals surface area (Å²) in [4.78, 5) is 15.5. The van der Waals surface area contributed by atoms with Gasteiger partial charge in [0.1, 0.15) is 0 Å². The van der Waals surface area contributed by atoms with E-state index in [0.29, 0.717) is 5.69 Å². The molecule has 1 heterocycles. The number of aromatic nitrogens is 1. The van der Waals surface area contributed by atoms with Crippen molar-refractivity contribution in [3.8, 4) is 0 Å². The summed E-state index contributed by atoms with van der Waals surface area (Å²) in [5, 5.41) is 5.45. The van der Waals surface area contributed by atoms with Gasteiger partial charge in [-0.1, -0.05) is 39.7 Å². The lowest BCUT2D eigenvalue weighted by Crippen LogP contribution is -2.23. The third-order valence-corrected chi connectivity index (χ3v) is 3.14. The molecule has 0 bridgehead atoms. The Morgan fingerprint density at radius 1 is 1.30 bits per heavy atom. The van der Waals surface area contributed by atoms with Crippen LogP contribution in [-0.4, -0.2) is 11.0 Å². The topological polar surface area (TPSA) is 54.0 Å². The first kappa shape index (κ1) is 14.6. The summed E-state index contributed by atoms with van der Waals surface area (Å²) in [6, 6.07) is 10.7. The maximum atomic E-state index is 11.7. The first-order valence-electron chi connectivity index (χ1n) is 5.75. The van der Waals surface area contributed by atoms with Crippen molar-refractivity contribution in [2.24, 2.45) is 0 Å². The minimum Gasteiger partial charge on any atom is -0.314 e. The molecule has 20 heavy (non-hydrogen) atoms. The third-order valence-electron chi connectivity index (χ3n) is 2.35. The maximum absolute atomic E-state index is 11.7. The molecule has 0 fully saturated rings. The van der Waals surface area contributed by atoms with Crippen LogP contribution in [0.2, 0.25) is 5.15 Å². The lowest BCUT2D eigenvalue weighted by atomic mass is 10.2. The Morgan fingerprint density at radius 3 is 2.90 bits per heavy atom. The molecule has 0 spiro atoms. The number of rotatable bonds is 3. The van der Waals surface area contributed by atoms with Crippen molar-refractivity contribution < 1.29 is 4.79 Å². The van der Waals surface area contributed by atoms with Gasteiger partial charge in [0.25, 0.3) is 0 Å². The number of carbonyl (C=O) groups is 1. The lowest BCUT2D eigenvalue weighted by molar-refractivity contribution is 0.255. The van der Waals surface area contributed by atoms with Crippen molar-refractivity contribution >= 4 is 45.3 Å². The highest BCUT2D eigenvalue weighted by Crippen LogP contribution is 2.17. The van der Waals surface area contributed by atoms with Gasteiger partial charge in [0.05, 0.1) is 5.69 Å². The van der Waals surface area contributed by atoms with Gasteiger partial charge in [0.2, 0.25) is 0 Å². The van der Waals surface area contributed by atoms with Crippen molar-refractivity contribution in [2.45, 2.75) is 0 Å². The average Bonchev–Trinajstić information content (AvgIpc) is 2.41. The van der Waals surface area contributed by atoms with Gasteiger partial charge in [-0.05, 0) is 35.9 Å². The normalized spacial score (nSPS) is 10.5. The van der Waals surface area contributed by atoms with E-state index in [2.05, 4.69) is 31.5 Å². The molecule has 2 rings (SSSR count). The van der Waals surface area contributed by atoms with E-state index in [1.54, 1.807) is 30.6 Å². The molecule has 4 nitrogen and oxygen atoms in total. The van der Waals surface area contributed by atoms with Gasteiger partial charge in [-0.15, -0.1) is 0 Å². The zero-order valence-corrected chi connectivity index (χ0v) is 12.6. The highest BCUT2D eigenvalue weighted by atomic mass is 79.9. The Balaban J connectivity index is 1.91. The van der Waals surface area contributed by atoms with Crippen molar-refractivity contribution in [3.05, 3.63) is 64.0 Å². The molecule has 2 aromatic rings. The second kappa shape index (κ2) is 7.07. The van der Waals surface area contributed by atoms with Crippen molar-refractivity contribution in [2.75, 3.05) is 5.32 Å². The molecule has 0 unspecified atom stereocenters. The van der Waals surface area contributed by atoms with Crippen LogP contribution in [0.25, 0.3) is 6.08 Å². The fourth-order valence-corrected chi connectivity index (χ4v) is 2.05. The molecule has 1 aromatic heterocycles. The van der Waals surface area contributed by atoms with E-state index in [0.717, 1.165) is 10.0 Å². The molecule has 0 aliphatic carbocycles. The summed E-state index contributed by atoms with van der Waals surface area (Å²) in [5.41, 5.74) is 1.43. The molecule has 0 aliphatic heterocycles. The predicted molar refractivity (Wildman–Crippen MR) is 84.6 cm³/mol. The van der Waals surface area contributed by atoms with Gasteiger partial charge in [-0.3, -0.25) is 0 Å². The SMILES string of the molecule is O=C(N/C=C/c1cccc(Br)c1)Nc1cccnc1Cl. The van der Waals surface area contributed by atoms with E-state index in [9.17, 15) is 4.79 Å². The van der Waals surface area contributed by atoms with E-state index in [1.807, 2.05) is 24.3 Å². The number of amides is 2. The highest BCUT2D eigenvalue weighted by Gasteiger charge is 2.03. The van der Waals surface area contributed by atoms with E-state index in [4.69, 9.17) is 11.6 Å². The molecule has 2 amide bonds. The number of carbonyl (C=O) groups excluding carboxylic acids is 1. The zero-order chi connectivity index (χ0) is 14.4. The Kier molecular flexibility index (Phi) is 5.15. The van der Waals surface area contributed by atoms with Gasteiger partial charge >= 0.3 is 6.03 Å². The Morgan fingerprint density at radius 2 is 2.15 bits per heavy atom. The summed E-state index contributed by atoms with van der Waals surface area (Å²) < 4.78 is 0.978. The van der Waals surface area contributed by atoms with Crippen LogP contribution in [0.5, 0.6) is 0 Å². The van der Waals surface area contributed by atoms with Crippen LogP contribution in [0, 0.1) is 0 Å². The largest absolute Gasteiger partial charge is 0.323 e. The van der Waals surface area contributed by atoms with Gasteiger partial charge in [0, 0.05) is 16.9 Å². The van der Waals surface area contributed by atoms with Gasteiger partial charge in [0.15, 0.2) is 5.15 Å². The Bertz CT molecular complexity index is 646. The van der Waals surface area contributed by atoms with Crippen LogP contribution in [0.1, 0.15) is 5.56 Å². The monoisotopic (exact) mass is 351 g/mol. The summed E-state index contributed by atoms with van der Waals surface area (Å²) in [6.45, 7) is 0. The number of hydrogen-bond acceptors (Lipinski definition) is 2. The van der Waals surface area contributed by atoms with Crippen LogP contribution in [0.4, 0.5) is 10.5 Å². The Labute approximate surface area is 130 Å². The molecule has 0 radical (unpaired) electrons. The number of pyridine rings is 1. The summed E-state index contributed by atoms with van der Waals surface area (Å²) in [5.74, 6) is 0. The number of nitrogens with one attached hydrogen (secondary N) is 2. The predicted octanol–water partition coefficient (Wildman–Crippen LogP) is 4.29. The summed E-state index contributed by atoms with van der Waals surface area (Å²) in [7, 11) is 0. The fraction of sp³-hybridized carbons (Fsp3) is 0. The second-order valence-electron chi connectivity index (χ2n) is 3.83. The lowest BCUT2D eigenvalue weighted by Gasteiger charge is -2.05. The van der Waals surface area contributed by atoms with Gasteiger partial charge in [-0.25, -0.2) is 9.78 Å². The molecule has 0 atom stereocenters. The molecule has 0 aliphatic rings. The van der Waals surface area contributed by atoms with Crippen LogP contribution in [-0.2, 0) is 0 Å². The number of halogens is 2. The second-order valence-corrected chi connectivity index (χ2v) is 5.10. The average molecular weight is 353 g/mol. The molecular formula is C14H11BrClN3O. The molecule has 2 N–H and O–H groups in total. The molecular weight excluding hydrogens is 342 g/mol. The van der Waals surface area contributed by atoms with Crippen LogP contribution in [0.3, 0.4) is 0 Å². The quantitative estimate of drug-likeness (QED) is 0.810. The Hall–Kier alpha value is -1.85. The first-order valence-corrected chi connectivity index (χ1v) is 6.92. The smallest absolute Gasteiger partial charge is 0.314 e. The van der Waals surface area contributed by atoms with Gasteiger partial charge in [-0.2, -0.15) is 0 Å². The summed E-state index contributed by atoms with van der Waals surface area (Å²) in [6.07, 6.45) is 4.90. The minimum absolute atomic E-state index is 0.249.